The number of amides is 1. The highest BCUT2D eigenvalue weighted by Crippen LogP contribution is 2.13. The highest BCUT2D eigenvalue weighted by atomic mass is 79.9. The summed E-state index contributed by atoms with van der Waals surface area (Å²) in [6.45, 7) is 0. The van der Waals surface area contributed by atoms with Crippen LogP contribution in [0.15, 0.2) is 29.0 Å². The Morgan fingerprint density at radius 3 is 3.00 bits per heavy atom. The average molecular weight is 227 g/mol. The molecule has 62 valence electrons. The lowest BCUT2D eigenvalue weighted by atomic mass is 10.2. The molecule has 0 radical (unpaired) electrons. The first-order chi connectivity index (χ1) is 5.70. The summed E-state index contributed by atoms with van der Waals surface area (Å²) in [4.78, 5) is 14.4. The molecule has 0 aromatic carbocycles. The van der Waals surface area contributed by atoms with Gasteiger partial charge in [-0.15, -0.1) is 0 Å². The number of carbonyl (C=O) groups is 1. The standard InChI is InChI=1S/C8H7BrN2O/c9-8-6(2-1-5-11-8)3-4-7(10)12/h1-5H,(H2,10,12). The van der Waals surface area contributed by atoms with Crippen LogP contribution < -0.4 is 5.73 Å². The zero-order chi connectivity index (χ0) is 8.97. The normalized spacial score (nSPS) is 10.4. The zero-order valence-corrected chi connectivity index (χ0v) is 7.78. The number of halogens is 1. The summed E-state index contributed by atoms with van der Waals surface area (Å²) in [5.74, 6) is -0.467. The van der Waals surface area contributed by atoms with Gasteiger partial charge in [-0.2, -0.15) is 0 Å². The lowest BCUT2D eigenvalue weighted by molar-refractivity contribution is -0.113. The van der Waals surface area contributed by atoms with Crippen molar-refractivity contribution >= 4 is 27.9 Å². The van der Waals surface area contributed by atoms with Gasteiger partial charge in [-0.25, -0.2) is 4.98 Å². The molecule has 0 atom stereocenters. The van der Waals surface area contributed by atoms with Crippen molar-refractivity contribution in [2.45, 2.75) is 0 Å². The van der Waals surface area contributed by atoms with E-state index in [0.29, 0.717) is 4.60 Å². The van der Waals surface area contributed by atoms with Crippen LogP contribution in [0.1, 0.15) is 5.56 Å². The molecule has 0 bridgehead atoms. The molecule has 4 heteroatoms. The fraction of sp³-hybridized carbons (Fsp3) is 0. The van der Waals surface area contributed by atoms with E-state index in [9.17, 15) is 4.79 Å². The largest absolute Gasteiger partial charge is 0.366 e. The molecule has 0 saturated carbocycles. The van der Waals surface area contributed by atoms with Crippen molar-refractivity contribution in [3.63, 3.8) is 0 Å². The van der Waals surface area contributed by atoms with Gasteiger partial charge < -0.3 is 5.73 Å². The molecule has 0 spiro atoms. The minimum atomic E-state index is -0.467. The van der Waals surface area contributed by atoms with Crippen molar-refractivity contribution in [3.8, 4) is 0 Å². The van der Waals surface area contributed by atoms with Gasteiger partial charge in [0.2, 0.25) is 5.91 Å². The maximum atomic E-state index is 10.4. The van der Waals surface area contributed by atoms with E-state index in [0.717, 1.165) is 5.56 Å². The van der Waals surface area contributed by atoms with Crippen molar-refractivity contribution in [1.82, 2.24) is 4.98 Å². The average Bonchev–Trinajstić information content (AvgIpc) is 2.03. The fourth-order valence-corrected chi connectivity index (χ4v) is 1.08. The number of primary amides is 1. The molecular weight excluding hydrogens is 220 g/mol. The highest BCUT2D eigenvalue weighted by molar-refractivity contribution is 9.10. The van der Waals surface area contributed by atoms with E-state index < -0.39 is 5.91 Å². The predicted octanol–water partition coefficient (Wildman–Crippen LogP) is 1.34. The summed E-state index contributed by atoms with van der Waals surface area (Å²) < 4.78 is 0.697. The van der Waals surface area contributed by atoms with Crippen molar-refractivity contribution in [3.05, 3.63) is 34.6 Å². The van der Waals surface area contributed by atoms with Crippen molar-refractivity contribution < 1.29 is 4.79 Å². The molecule has 2 N–H and O–H groups in total. The van der Waals surface area contributed by atoms with Crippen LogP contribution in [-0.2, 0) is 4.79 Å². The van der Waals surface area contributed by atoms with Gasteiger partial charge in [0.25, 0.3) is 0 Å². The second-order valence-corrected chi connectivity index (χ2v) is 2.87. The van der Waals surface area contributed by atoms with Crippen LogP contribution in [0.2, 0.25) is 0 Å². The zero-order valence-electron chi connectivity index (χ0n) is 6.20. The van der Waals surface area contributed by atoms with Gasteiger partial charge in [-0.05, 0) is 28.1 Å². The van der Waals surface area contributed by atoms with Crippen LogP contribution in [0.5, 0.6) is 0 Å². The van der Waals surface area contributed by atoms with Gasteiger partial charge in [-0.3, -0.25) is 4.79 Å². The number of hydrogen-bond acceptors (Lipinski definition) is 2. The summed E-state index contributed by atoms with van der Waals surface area (Å²) in [7, 11) is 0. The van der Waals surface area contributed by atoms with Gasteiger partial charge in [0, 0.05) is 17.8 Å². The molecular formula is C8H7BrN2O. The molecule has 0 aliphatic heterocycles. The topological polar surface area (TPSA) is 56.0 Å². The number of hydrogen-bond donors (Lipinski definition) is 1. The molecule has 1 rings (SSSR count). The Morgan fingerprint density at radius 1 is 1.67 bits per heavy atom. The molecule has 1 aromatic heterocycles. The lowest BCUT2D eigenvalue weighted by Crippen LogP contribution is -2.05. The van der Waals surface area contributed by atoms with Crippen LogP contribution in [0, 0.1) is 0 Å². The summed E-state index contributed by atoms with van der Waals surface area (Å²) in [5.41, 5.74) is 5.76. The molecule has 1 heterocycles. The summed E-state index contributed by atoms with van der Waals surface area (Å²) in [6.07, 6.45) is 4.56. The fourth-order valence-electron chi connectivity index (χ4n) is 0.695. The van der Waals surface area contributed by atoms with E-state index in [1.807, 2.05) is 6.07 Å². The summed E-state index contributed by atoms with van der Waals surface area (Å²) >= 11 is 3.23. The maximum absolute atomic E-state index is 10.4. The van der Waals surface area contributed by atoms with Crippen LogP contribution in [0.25, 0.3) is 6.08 Å². The minimum absolute atomic E-state index is 0.467. The van der Waals surface area contributed by atoms with Crippen LogP contribution in [0.4, 0.5) is 0 Å². The van der Waals surface area contributed by atoms with Crippen LogP contribution in [0.3, 0.4) is 0 Å². The van der Waals surface area contributed by atoms with E-state index >= 15 is 0 Å². The van der Waals surface area contributed by atoms with Crippen LogP contribution >= 0.6 is 15.9 Å². The molecule has 3 nitrogen and oxygen atoms in total. The molecule has 0 fully saturated rings. The first kappa shape index (κ1) is 8.93. The Bertz CT molecular complexity index is 323. The Morgan fingerprint density at radius 2 is 2.42 bits per heavy atom. The Hall–Kier alpha value is -1.16. The van der Waals surface area contributed by atoms with E-state index in [2.05, 4.69) is 20.9 Å². The molecule has 0 saturated heterocycles. The molecule has 1 amide bonds. The lowest BCUT2D eigenvalue weighted by Gasteiger charge is -1.93. The monoisotopic (exact) mass is 226 g/mol. The van der Waals surface area contributed by atoms with E-state index in [1.165, 1.54) is 6.08 Å². The number of carbonyl (C=O) groups excluding carboxylic acids is 1. The van der Waals surface area contributed by atoms with Gasteiger partial charge >= 0.3 is 0 Å². The van der Waals surface area contributed by atoms with Gasteiger partial charge in [0.05, 0.1) is 0 Å². The third-order valence-electron chi connectivity index (χ3n) is 1.22. The smallest absolute Gasteiger partial charge is 0.241 e. The molecule has 0 aliphatic rings. The summed E-state index contributed by atoms with van der Waals surface area (Å²) in [6, 6.07) is 3.61. The number of rotatable bonds is 2. The number of pyridine rings is 1. The van der Waals surface area contributed by atoms with Crippen molar-refractivity contribution in [1.29, 1.82) is 0 Å². The highest BCUT2D eigenvalue weighted by Gasteiger charge is 1.94. The second kappa shape index (κ2) is 4.01. The first-order valence-electron chi connectivity index (χ1n) is 3.28. The van der Waals surface area contributed by atoms with Crippen LogP contribution in [-0.4, -0.2) is 10.9 Å². The third-order valence-corrected chi connectivity index (χ3v) is 1.88. The van der Waals surface area contributed by atoms with Crippen molar-refractivity contribution in [2.75, 3.05) is 0 Å². The second-order valence-electron chi connectivity index (χ2n) is 2.12. The SMILES string of the molecule is NC(=O)C=Cc1cccnc1Br. The van der Waals surface area contributed by atoms with E-state index in [4.69, 9.17) is 5.73 Å². The number of aromatic nitrogens is 1. The molecule has 1 aromatic rings. The predicted molar refractivity (Wildman–Crippen MR) is 50.2 cm³/mol. The van der Waals surface area contributed by atoms with E-state index in [-0.39, 0.29) is 0 Å². The first-order valence-corrected chi connectivity index (χ1v) is 4.07. The molecule has 0 aliphatic carbocycles. The molecule has 12 heavy (non-hydrogen) atoms. The van der Waals surface area contributed by atoms with Crippen molar-refractivity contribution in [2.24, 2.45) is 5.73 Å². The van der Waals surface area contributed by atoms with Gasteiger partial charge in [0.15, 0.2) is 0 Å². The third kappa shape index (κ3) is 2.47. The summed E-state index contributed by atoms with van der Waals surface area (Å²) in [5, 5.41) is 0. The number of nitrogens with two attached hydrogens (primary N) is 1. The number of nitrogens with zero attached hydrogens (tertiary/aromatic N) is 1. The Kier molecular flexibility index (Phi) is 2.99. The maximum Gasteiger partial charge on any atom is 0.241 e. The van der Waals surface area contributed by atoms with Gasteiger partial charge in [-0.1, -0.05) is 6.07 Å². The minimum Gasteiger partial charge on any atom is -0.366 e. The van der Waals surface area contributed by atoms with Gasteiger partial charge in [0.1, 0.15) is 4.60 Å². The quantitative estimate of drug-likeness (QED) is 0.612. The molecule has 0 unspecified atom stereocenters. The Labute approximate surface area is 78.4 Å². The Balaban J connectivity index is 2.89. The van der Waals surface area contributed by atoms with E-state index in [1.54, 1.807) is 18.3 Å².